The topological polar surface area (TPSA) is 74.7 Å². The summed E-state index contributed by atoms with van der Waals surface area (Å²) >= 11 is -2.11. The molecule has 4 rings (SSSR count). The standard InChI is InChI=1S/C18H16FN3O3S/c1-25-16-5-3-13-15(6-8-20-18(13)17(16)19)22-9-7-11-10-12(21-26(23)24)2-4-14(11)22/h2-6,8,10,21H,7,9H2,1H3,(H,23,24). The summed E-state index contributed by atoms with van der Waals surface area (Å²) in [6.07, 6.45) is 2.37. The van der Waals surface area contributed by atoms with Gasteiger partial charge in [0.05, 0.1) is 12.8 Å². The Bertz CT molecular complexity index is 1030. The number of halogens is 1. The molecule has 6 nitrogen and oxygen atoms in total. The van der Waals surface area contributed by atoms with E-state index < -0.39 is 17.1 Å². The second-order valence-electron chi connectivity index (χ2n) is 5.90. The Hall–Kier alpha value is -2.71. The summed E-state index contributed by atoms with van der Waals surface area (Å²) in [4.78, 5) is 6.27. The maximum Gasteiger partial charge on any atom is 0.259 e. The smallest absolute Gasteiger partial charge is 0.259 e. The van der Waals surface area contributed by atoms with Crippen LogP contribution in [-0.2, 0) is 17.7 Å². The van der Waals surface area contributed by atoms with Gasteiger partial charge in [0.2, 0.25) is 0 Å². The lowest BCUT2D eigenvalue weighted by atomic mass is 10.1. The van der Waals surface area contributed by atoms with Crippen molar-refractivity contribution in [2.45, 2.75) is 6.42 Å². The van der Waals surface area contributed by atoms with Crippen molar-refractivity contribution < 1.29 is 17.9 Å². The number of nitrogens with zero attached hydrogens (tertiary/aromatic N) is 2. The summed E-state index contributed by atoms with van der Waals surface area (Å²) in [6, 6.07) is 10.8. The molecule has 1 unspecified atom stereocenters. The van der Waals surface area contributed by atoms with Gasteiger partial charge in [0.25, 0.3) is 11.3 Å². The molecular formula is C18H16FN3O3S. The summed E-state index contributed by atoms with van der Waals surface area (Å²) in [5.41, 5.74) is 3.76. The van der Waals surface area contributed by atoms with Crippen molar-refractivity contribution in [3.63, 3.8) is 0 Å². The maximum absolute atomic E-state index is 14.5. The average molecular weight is 373 g/mol. The van der Waals surface area contributed by atoms with Crippen molar-refractivity contribution in [1.29, 1.82) is 0 Å². The van der Waals surface area contributed by atoms with Gasteiger partial charge in [0.15, 0.2) is 11.6 Å². The molecule has 134 valence electrons. The van der Waals surface area contributed by atoms with Crippen molar-refractivity contribution in [2.75, 3.05) is 23.3 Å². The summed E-state index contributed by atoms with van der Waals surface area (Å²) in [7, 11) is 1.43. The van der Waals surface area contributed by atoms with Crippen LogP contribution in [0.4, 0.5) is 21.5 Å². The van der Waals surface area contributed by atoms with E-state index in [1.54, 1.807) is 18.3 Å². The molecule has 26 heavy (non-hydrogen) atoms. The van der Waals surface area contributed by atoms with Gasteiger partial charge in [-0.15, -0.1) is 0 Å². The van der Waals surface area contributed by atoms with Gasteiger partial charge < -0.3 is 9.64 Å². The summed E-state index contributed by atoms with van der Waals surface area (Å²) in [6.45, 7) is 0.730. The molecule has 0 aliphatic carbocycles. The summed E-state index contributed by atoms with van der Waals surface area (Å²) < 4.78 is 41.9. The number of hydrogen-bond acceptors (Lipinski definition) is 4. The highest BCUT2D eigenvalue weighted by atomic mass is 32.2. The zero-order chi connectivity index (χ0) is 18.3. The van der Waals surface area contributed by atoms with Crippen LogP contribution in [0.2, 0.25) is 0 Å². The van der Waals surface area contributed by atoms with Crippen LogP contribution in [0.25, 0.3) is 10.9 Å². The molecule has 0 saturated carbocycles. The monoisotopic (exact) mass is 373 g/mol. The highest BCUT2D eigenvalue weighted by Crippen LogP contribution is 2.40. The van der Waals surface area contributed by atoms with Crippen LogP contribution < -0.4 is 14.4 Å². The number of aromatic nitrogens is 1. The lowest BCUT2D eigenvalue weighted by Crippen LogP contribution is -2.14. The number of pyridine rings is 1. The number of ether oxygens (including phenoxy) is 1. The molecule has 0 fully saturated rings. The predicted molar refractivity (Wildman–Crippen MR) is 99.8 cm³/mol. The Morgan fingerprint density at radius 3 is 2.88 bits per heavy atom. The van der Waals surface area contributed by atoms with Gasteiger partial charge in [-0.3, -0.25) is 14.3 Å². The van der Waals surface area contributed by atoms with Crippen LogP contribution in [0.5, 0.6) is 5.75 Å². The Morgan fingerprint density at radius 1 is 1.27 bits per heavy atom. The minimum atomic E-state index is -2.11. The maximum atomic E-state index is 14.5. The highest BCUT2D eigenvalue weighted by Gasteiger charge is 2.23. The first kappa shape index (κ1) is 16.7. The van der Waals surface area contributed by atoms with Crippen molar-refractivity contribution in [1.82, 2.24) is 4.98 Å². The molecule has 1 aliphatic rings. The van der Waals surface area contributed by atoms with E-state index in [1.807, 2.05) is 24.3 Å². The van der Waals surface area contributed by atoms with E-state index in [9.17, 15) is 8.60 Å². The quantitative estimate of drug-likeness (QED) is 0.683. The number of hydrogen-bond donors (Lipinski definition) is 2. The summed E-state index contributed by atoms with van der Waals surface area (Å²) in [5.74, 6) is -0.312. The van der Waals surface area contributed by atoms with Crippen molar-refractivity contribution in [3.8, 4) is 5.75 Å². The molecule has 8 heteroatoms. The normalized spacial score (nSPS) is 14.3. The Kier molecular flexibility index (Phi) is 4.21. The first-order chi connectivity index (χ1) is 12.6. The molecule has 0 radical (unpaired) electrons. The van der Waals surface area contributed by atoms with E-state index in [1.165, 1.54) is 7.11 Å². The van der Waals surface area contributed by atoms with E-state index in [-0.39, 0.29) is 11.3 Å². The molecule has 1 aromatic heterocycles. The fourth-order valence-electron chi connectivity index (χ4n) is 3.36. The van der Waals surface area contributed by atoms with Crippen LogP contribution >= 0.6 is 0 Å². The van der Waals surface area contributed by atoms with E-state index >= 15 is 0 Å². The van der Waals surface area contributed by atoms with Crippen LogP contribution in [0.15, 0.2) is 42.6 Å². The number of anilines is 3. The number of benzene rings is 2. The minimum absolute atomic E-state index is 0.164. The van der Waals surface area contributed by atoms with Gasteiger partial charge in [-0.2, -0.15) is 0 Å². The van der Waals surface area contributed by atoms with Crippen molar-refractivity contribution in [3.05, 3.63) is 54.0 Å². The van der Waals surface area contributed by atoms with Gasteiger partial charge in [-0.25, -0.2) is 8.60 Å². The fraction of sp³-hybridized carbons (Fsp3) is 0.167. The molecule has 2 N–H and O–H groups in total. The third-order valence-corrected chi connectivity index (χ3v) is 4.89. The lowest BCUT2D eigenvalue weighted by Gasteiger charge is -2.22. The SMILES string of the molecule is COc1ccc2c(N3CCc4cc(NS(=O)O)ccc43)ccnc2c1F. The molecular weight excluding hydrogens is 357 g/mol. The van der Waals surface area contributed by atoms with E-state index in [0.717, 1.165) is 29.9 Å². The van der Waals surface area contributed by atoms with E-state index in [0.29, 0.717) is 11.1 Å². The molecule has 0 spiro atoms. The van der Waals surface area contributed by atoms with Crippen molar-refractivity contribution in [2.24, 2.45) is 0 Å². The van der Waals surface area contributed by atoms with Crippen molar-refractivity contribution >= 4 is 39.2 Å². The zero-order valence-corrected chi connectivity index (χ0v) is 14.7. The van der Waals surface area contributed by atoms with Gasteiger partial charge in [-0.05, 0) is 48.4 Å². The minimum Gasteiger partial charge on any atom is -0.494 e. The van der Waals surface area contributed by atoms with Gasteiger partial charge in [0, 0.05) is 29.5 Å². The van der Waals surface area contributed by atoms with Crippen LogP contribution in [-0.4, -0.2) is 27.4 Å². The van der Waals surface area contributed by atoms with E-state index in [4.69, 9.17) is 9.29 Å². The van der Waals surface area contributed by atoms with Crippen LogP contribution in [0.3, 0.4) is 0 Å². The molecule has 0 saturated heterocycles. The highest BCUT2D eigenvalue weighted by molar-refractivity contribution is 7.80. The fourth-order valence-corrected chi connectivity index (χ4v) is 3.69. The molecule has 1 atom stereocenters. The zero-order valence-electron chi connectivity index (χ0n) is 13.9. The Balaban J connectivity index is 1.79. The number of rotatable bonds is 4. The van der Waals surface area contributed by atoms with Gasteiger partial charge in [0.1, 0.15) is 5.52 Å². The third kappa shape index (κ3) is 2.77. The number of methoxy groups -OCH3 is 1. The third-order valence-electron chi connectivity index (χ3n) is 4.48. The first-order valence-electron chi connectivity index (χ1n) is 7.97. The molecule has 2 heterocycles. The van der Waals surface area contributed by atoms with Gasteiger partial charge >= 0.3 is 0 Å². The second kappa shape index (κ2) is 6.54. The molecule has 3 aromatic rings. The second-order valence-corrected chi connectivity index (χ2v) is 6.61. The average Bonchev–Trinajstić information content (AvgIpc) is 3.04. The Morgan fingerprint density at radius 2 is 2.12 bits per heavy atom. The number of nitrogens with one attached hydrogen (secondary N) is 1. The predicted octanol–water partition coefficient (Wildman–Crippen LogP) is 3.63. The first-order valence-corrected chi connectivity index (χ1v) is 9.08. The lowest BCUT2D eigenvalue weighted by molar-refractivity contribution is 0.388. The molecule has 1 aliphatic heterocycles. The van der Waals surface area contributed by atoms with E-state index in [2.05, 4.69) is 14.6 Å². The molecule has 0 amide bonds. The molecule has 0 bridgehead atoms. The molecule has 2 aromatic carbocycles. The van der Waals surface area contributed by atoms with Crippen LogP contribution in [0, 0.1) is 5.82 Å². The van der Waals surface area contributed by atoms with Gasteiger partial charge in [-0.1, -0.05) is 0 Å². The largest absolute Gasteiger partial charge is 0.494 e. The van der Waals surface area contributed by atoms with Crippen LogP contribution in [0.1, 0.15) is 5.56 Å². The Labute approximate surface area is 152 Å². The summed E-state index contributed by atoms with van der Waals surface area (Å²) in [5, 5.41) is 0.706. The number of fused-ring (bicyclic) bond motifs is 2.